The second-order valence-electron chi connectivity index (χ2n) is 6.02. The molecule has 0 fully saturated rings. The van der Waals surface area contributed by atoms with E-state index >= 15 is 0 Å². The van der Waals surface area contributed by atoms with Crippen molar-refractivity contribution in [3.8, 4) is 0 Å². The Kier molecular flexibility index (Phi) is 5.92. The van der Waals surface area contributed by atoms with Crippen molar-refractivity contribution < 1.29 is 16.1 Å². The van der Waals surface area contributed by atoms with Gasteiger partial charge in [-0.2, -0.15) is 0 Å². The molecule has 1 rings (SSSR count). The Labute approximate surface area is 113 Å². The van der Waals surface area contributed by atoms with E-state index in [0.29, 0.717) is 0 Å². The van der Waals surface area contributed by atoms with E-state index in [2.05, 4.69) is 57.8 Å². The molecule has 0 bridgehead atoms. The van der Waals surface area contributed by atoms with Crippen LogP contribution >= 0.6 is 0 Å². The van der Waals surface area contributed by atoms with Crippen LogP contribution in [0, 0.1) is 0 Å². The molecule has 0 saturated heterocycles. The molecule has 0 unspecified atom stereocenters. The summed E-state index contributed by atoms with van der Waals surface area (Å²) in [7, 11) is -0.922. The normalized spacial score (nSPS) is 17.9. The second-order valence-corrected chi connectivity index (χ2v) is 23.8. The van der Waals surface area contributed by atoms with E-state index in [1.807, 2.05) is 0 Å². The first kappa shape index (κ1) is 15.4. The van der Waals surface area contributed by atoms with Gasteiger partial charge in [-0.1, -0.05) is 0 Å². The van der Waals surface area contributed by atoms with Crippen molar-refractivity contribution in [3.63, 3.8) is 0 Å². The molecule has 0 spiro atoms. The predicted octanol–water partition coefficient (Wildman–Crippen LogP) is 6.01. The molecule has 0 aromatic heterocycles. The zero-order valence-corrected chi connectivity index (χ0v) is 15.5. The minimum absolute atomic E-state index is 0.883. The SMILES string of the molecule is CC[CH2][Pt]([CH2]CC)([CH2][Si](C)(C)C)[CH]1C=CC=C1. The van der Waals surface area contributed by atoms with Crippen LogP contribution in [0.5, 0.6) is 0 Å². The van der Waals surface area contributed by atoms with Crippen LogP contribution in [-0.2, 0) is 16.1 Å². The van der Waals surface area contributed by atoms with Crippen LogP contribution in [-0.4, -0.2) is 8.07 Å². The summed E-state index contributed by atoms with van der Waals surface area (Å²) in [5, 5.41) is 0. The first-order valence-electron chi connectivity index (χ1n) is 6.79. The fourth-order valence-corrected chi connectivity index (χ4v) is 31.5. The Bertz CT molecular complexity index is 268. The zero-order chi connectivity index (χ0) is 12.9. The number of hydrogen-bond acceptors (Lipinski definition) is 0. The van der Waals surface area contributed by atoms with Gasteiger partial charge in [0.25, 0.3) is 0 Å². The van der Waals surface area contributed by atoms with Crippen molar-refractivity contribution in [3.05, 3.63) is 24.3 Å². The zero-order valence-electron chi connectivity index (χ0n) is 12.2. The minimum atomic E-state index is -1.61. The summed E-state index contributed by atoms with van der Waals surface area (Å²) < 4.78 is 2.54. The molecule has 0 atom stereocenters. The van der Waals surface area contributed by atoms with Crippen LogP contribution in [0.25, 0.3) is 0 Å². The predicted molar refractivity (Wildman–Crippen MR) is 80.4 cm³/mol. The van der Waals surface area contributed by atoms with Gasteiger partial charge in [-0.25, -0.2) is 0 Å². The van der Waals surface area contributed by atoms with E-state index in [1.165, 1.54) is 12.8 Å². The molecule has 0 aromatic carbocycles. The van der Waals surface area contributed by atoms with E-state index in [0.717, 1.165) is 4.31 Å². The monoisotopic (exact) mass is 433 g/mol. The van der Waals surface area contributed by atoms with E-state index < -0.39 is 24.1 Å². The summed E-state index contributed by atoms with van der Waals surface area (Å²) >= 11 is -1.61. The van der Waals surface area contributed by atoms with Crippen LogP contribution in [0.4, 0.5) is 0 Å². The summed E-state index contributed by atoms with van der Waals surface area (Å²) in [5.41, 5.74) is 0. The van der Waals surface area contributed by atoms with Crippen molar-refractivity contribution in [1.82, 2.24) is 0 Å². The Hall–Kier alpha value is 0.385. The third-order valence-electron chi connectivity index (χ3n) is 2.63. The van der Waals surface area contributed by atoms with Crippen molar-refractivity contribution in [1.29, 1.82) is 0 Å². The number of allylic oxidation sites excluding steroid dienone is 4. The van der Waals surface area contributed by atoms with Gasteiger partial charge in [0.15, 0.2) is 0 Å². The van der Waals surface area contributed by atoms with Crippen LogP contribution in [0.15, 0.2) is 24.3 Å². The molecule has 0 radical (unpaired) electrons. The maximum atomic E-state index is 2.57. The average Bonchev–Trinajstić information content (AvgIpc) is 2.68. The first-order valence-corrected chi connectivity index (χ1v) is 16.6. The van der Waals surface area contributed by atoms with Gasteiger partial charge in [0, 0.05) is 0 Å². The average molecular weight is 434 g/mol. The number of rotatable bonds is 7. The van der Waals surface area contributed by atoms with Gasteiger partial charge >= 0.3 is 113 Å². The summed E-state index contributed by atoms with van der Waals surface area (Å²) in [6, 6.07) is 0. The summed E-state index contributed by atoms with van der Waals surface area (Å²) in [6.07, 6.45) is 12.4. The van der Waals surface area contributed by atoms with Crippen molar-refractivity contribution >= 4 is 8.07 Å². The Morgan fingerprint density at radius 2 is 1.41 bits per heavy atom. The molecule has 0 nitrogen and oxygen atoms in total. The molecule has 0 heterocycles. The van der Waals surface area contributed by atoms with E-state index in [-0.39, 0.29) is 0 Å². The molecule has 2 heteroatoms. The van der Waals surface area contributed by atoms with Crippen molar-refractivity contribution in [2.24, 2.45) is 0 Å². The Balaban J connectivity index is 2.93. The van der Waals surface area contributed by atoms with Crippen LogP contribution in [0.2, 0.25) is 38.0 Å². The summed E-state index contributed by atoms with van der Waals surface area (Å²) in [5.74, 6) is 0. The molecule has 0 N–H and O–H groups in total. The Morgan fingerprint density at radius 3 is 1.76 bits per heavy atom. The van der Waals surface area contributed by atoms with Crippen LogP contribution in [0.1, 0.15) is 26.7 Å². The standard InChI is InChI=1S/C5H5.C4H11Si.2C3H7.Pt/c1-2-4-5-3-1;1-5(2,3)4;2*1-3-2;/h1-5H;1H2,2-4H3;2*1,3H2,2H3;. The number of hydrogen-bond donors (Lipinski definition) is 0. The van der Waals surface area contributed by atoms with Crippen LogP contribution in [0.3, 0.4) is 0 Å². The molecule has 0 saturated carbocycles. The summed E-state index contributed by atoms with van der Waals surface area (Å²) in [4.78, 5) is 3.15. The van der Waals surface area contributed by atoms with E-state index in [1.54, 1.807) is 14.1 Å². The van der Waals surface area contributed by atoms with E-state index in [9.17, 15) is 0 Å². The molecule has 1 aliphatic carbocycles. The quantitative estimate of drug-likeness (QED) is 0.432. The van der Waals surface area contributed by atoms with Gasteiger partial charge in [0.05, 0.1) is 0 Å². The van der Waals surface area contributed by atoms with Crippen molar-refractivity contribution in [2.75, 3.05) is 0 Å². The molecule has 0 amide bonds. The molecule has 1 aliphatic rings. The molecular weight excluding hydrogens is 403 g/mol. The van der Waals surface area contributed by atoms with Gasteiger partial charge in [-0.05, 0) is 0 Å². The molecule has 0 aliphatic heterocycles. The molecular formula is C15H30PtSi. The third kappa shape index (κ3) is 4.52. The first-order chi connectivity index (χ1) is 7.93. The van der Waals surface area contributed by atoms with Gasteiger partial charge in [-0.15, -0.1) is 0 Å². The van der Waals surface area contributed by atoms with Crippen molar-refractivity contribution in [2.45, 2.75) is 64.7 Å². The molecule has 0 aromatic rings. The third-order valence-corrected chi connectivity index (χ3v) is 26.7. The van der Waals surface area contributed by atoms with Gasteiger partial charge in [0.2, 0.25) is 0 Å². The topological polar surface area (TPSA) is 0 Å². The summed E-state index contributed by atoms with van der Waals surface area (Å²) in [6.45, 7) is 12.5. The maximum absolute atomic E-state index is 2.57. The molecule has 17 heavy (non-hydrogen) atoms. The van der Waals surface area contributed by atoms with Gasteiger partial charge in [-0.3, -0.25) is 0 Å². The fraction of sp³-hybridized carbons (Fsp3) is 0.733. The van der Waals surface area contributed by atoms with Gasteiger partial charge < -0.3 is 0 Å². The molecule has 104 valence electrons. The fourth-order valence-electron chi connectivity index (χ4n) is 2.42. The second kappa shape index (κ2) is 6.52. The Morgan fingerprint density at radius 1 is 0.941 bits per heavy atom. The van der Waals surface area contributed by atoms with Crippen LogP contribution < -0.4 is 0 Å². The van der Waals surface area contributed by atoms with E-state index in [4.69, 9.17) is 0 Å². The van der Waals surface area contributed by atoms with Gasteiger partial charge in [0.1, 0.15) is 0 Å².